The Balaban J connectivity index is 1.73. The van der Waals surface area contributed by atoms with Gasteiger partial charge in [0.05, 0.1) is 18.0 Å². The third-order valence-electron chi connectivity index (χ3n) is 2.98. The van der Waals surface area contributed by atoms with Crippen LogP contribution in [-0.2, 0) is 10.5 Å². The Morgan fingerprint density at radius 2 is 2.35 bits per heavy atom. The number of benzene rings is 1. The van der Waals surface area contributed by atoms with Gasteiger partial charge < -0.3 is 5.32 Å². The molecule has 2 rings (SSSR count). The Hall–Kier alpha value is -1.75. The fourth-order valence-corrected chi connectivity index (χ4v) is 2.71. The molecule has 2 N–H and O–H groups in total. The van der Waals surface area contributed by atoms with Crippen LogP contribution in [0.15, 0.2) is 36.7 Å². The Morgan fingerprint density at radius 3 is 3.05 bits per heavy atom. The molecule has 106 valence electrons. The van der Waals surface area contributed by atoms with Crippen molar-refractivity contribution in [3.8, 4) is 0 Å². The molecule has 0 aliphatic carbocycles. The van der Waals surface area contributed by atoms with Gasteiger partial charge in [0.15, 0.2) is 0 Å². The topological polar surface area (TPSA) is 57.8 Å². The number of aromatic nitrogens is 2. The molecule has 0 saturated carbocycles. The summed E-state index contributed by atoms with van der Waals surface area (Å²) < 4.78 is 0. The molecule has 1 heterocycles. The summed E-state index contributed by atoms with van der Waals surface area (Å²) in [4.78, 5) is 11.8. The van der Waals surface area contributed by atoms with Crippen LogP contribution in [-0.4, -0.2) is 21.9 Å². The minimum absolute atomic E-state index is 0.0131. The first-order chi connectivity index (χ1) is 9.65. The molecule has 2 aromatic rings. The molecule has 20 heavy (non-hydrogen) atoms. The maximum atomic E-state index is 11.8. The van der Waals surface area contributed by atoms with Crippen molar-refractivity contribution in [2.45, 2.75) is 25.6 Å². The summed E-state index contributed by atoms with van der Waals surface area (Å²) in [6, 6.07) is 8.35. The van der Waals surface area contributed by atoms with Gasteiger partial charge in [-0.05, 0) is 19.4 Å². The number of amides is 1. The van der Waals surface area contributed by atoms with E-state index in [1.807, 2.05) is 13.0 Å². The first kappa shape index (κ1) is 14.7. The van der Waals surface area contributed by atoms with Crippen LogP contribution in [0.2, 0.25) is 0 Å². The van der Waals surface area contributed by atoms with Crippen molar-refractivity contribution < 1.29 is 4.79 Å². The number of aromatic amines is 1. The molecule has 0 saturated heterocycles. The summed E-state index contributed by atoms with van der Waals surface area (Å²) in [5.74, 6) is 1.38. The van der Waals surface area contributed by atoms with E-state index in [0.717, 1.165) is 11.3 Å². The van der Waals surface area contributed by atoms with Gasteiger partial charge in [-0.1, -0.05) is 29.8 Å². The van der Waals surface area contributed by atoms with Crippen molar-refractivity contribution in [2.75, 3.05) is 5.75 Å². The van der Waals surface area contributed by atoms with E-state index in [9.17, 15) is 4.79 Å². The zero-order valence-electron chi connectivity index (χ0n) is 11.7. The Labute approximate surface area is 123 Å². The van der Waals surface area contributed by atoms with Crippen LogP contribution in [0.3, 0.4) is 0 Å². The predicted octanol–water partition coefficient (Wildman–Crippen LogP) is 2.83. The number of aryl methyl sites for hydroxylation is 1. The molecule has 0 spiro atoms. The molecule has 1 atom stereocenters. The van der Waals surface area contributed by atoms with Gasteiger partial charge in [0, 0.05) is 17.5 Å². The Bertz CT molecular complexity index is 554. The lowest BCUT2D eigenvalue weighted by Gasteiger charge is -2.11. The number of carbonyl (C=O) groups is 1. The molecule has 0 aliphatic rings. The zero-order chi connectivity index (χ0) is 14.4. The molecule has 1 aromatic carbocycles. The lowest BCUT2D eigenvalue weighted by atomic mass is 10.2. The van der Waals surface area contributed by atoms with Gasteiger partial charge in [-0.15, -0.1) is 11.8 Å². The largest absolute Gasteiger partial charge is 0.349 e. The normalized spacial score (nSPS) is 12.1. The summed E-state index contributed by atoms with van der Waals surface area (Å²) in [6.45, 7) is 4.03. The lowest BCUT2D eigenvalue weighted by Crippen LogP contribution is -2.28. The molecule has 4 nitrogen and oxygen atoms in total. The van der Waals surface area contributed by atoms with E-state index in [2.05, 4.69) is 40.6 Å². The molecule has 0 radical (unpaired) electrons. The highest BCUT2D eigenvalue weighted by Gasteiger charge is 2.10. The summed E-state index contributed by atoms with van der Waals surface area (Å²) in [5.41, 5.74) is 3.49. The molecule has 0 fully saturated rings. The molecule has 0 bridgehead atoms. The second-order valence-corrected chi connectivity index (χ2v) is 5.79. The quantitative estimate of drug-likeness (QED) is 0.859. The van der Waals surface area contributed by atoms with Gasteiger partial charge in [0.2, 0.25) is 5.91 Å². The molecule has 1 aromatic heterocycles. The van der Waals surface area contributed by atoms with E-state index in [1.165, 1.54) is 11.1 Å². The van der Waals surface area contributed by atoms with Crippen molar-refractivity contribution in [3.63, 3.8) is 0 Å². The number of thioether (sulfide) groups is 1. The highest BCUT2D eigenvalue weighted by Crippen LogP contribution is 2.14. The predicted molar refractivity (Wildman–Crippen MR) is 82.5 cm³/mol. The first-order valence-electron chi connectivity index (χ1n) is 6.56. The molecular formula is C15H19N3OS. The second-order valence-electron chi connectivity index (χ2n) is 4.80. The number of nitrogens with zero attached hydrogens (tertiary/aromatic N) is 1. The van der Waals surface area contributed by atoms with Crippen molar-refractivity contribution in [3.05, 3.63) is 53.3 Å². The van der Waals surface area contributed by atoms with Gasteiger partial charge in [0.1, 0.15) is 0 Å². The number of nitrogens with one attached hydrogen (secondary N) is 2. The van der Waals surface area contributed by atoms with Crippen molar-refractivity contribution >= 4 is 17.7 Å². The third kappa shape index (κ3) is 4.42. The Morgan fingerprint density at radius 1 is 1.50 bits per heavy atom. The molecule has 5 heteroatoms. The highest BCUT2D eigenvalue weighted by molar-refractivity contribution is 7.99. The van der Waals surface area contributed by atoms with Crippen LogP contribution in [0.25, 0.3) is 0 Å². The maximum Gasteiger partial charge on any atom is 0.230 e. The fourth-order valence-electron chi connectivity index (χ4n) is 1.93. The summed E-state index contributed by atoms with van der Waals surface area (Å²) in [5, 5.41) is 9.59. The van der Waals surface area contributed by atoms with E-state index >= 15 is 0 Å². The van der Waals surface area contributed by atoms with Crippen LogP contribution in [0, 0.1) is 6.92 Å². The summed E-state index contributed by atoms with van der Waals surface area (Å²) >= 11 is 1.63. The minimum atomic E-state index is -0.0131. The van der Waals surface area contributed by atoms with Gasteiger partial charge >= 0.3 is 0 Å². The van der Waals surface area contributed by atoms with Crippen LogP contribution in [0.1, 0.15) is 29.7 Å². The van der Waals surface area contributed by atoms with E-state index in [-0.39, 0.29) is 11.9 Å². The van der Waals surface area contributed by atoms with Crippen LogP contribution < -0.4 is 5.32 Å². The van der Waals surface area contributed by atoms with E-state index < -0.39 is 0 Å². The number of rotatable bonds is 6. The van der Waals surface area contributed by atoms with Crippen molar-refractivity contribution in [1.82, 2.24) is 15.5 Å². The Kier molecular flexibility index (Phi) is 5.24. The molecule has 0 aliphatic heterocycles. The average molecular weight is 289 g/mol. The van der Waals surface area contributed by atoms with E-state index in [4.69, 9.17) is 0 Å². The SMILES string of the molecule is Cc1cccc(CSCC(=O)NC(C)c2cn[nH]c2)c1. The third-order valence-corrected chi connectivity index (χ3v) is 3.99. The number of hydrogen-bond donors (Lipinski definition) is 2. The highest BCUT2D eigenvalue weighted by atomic mass is 32.2. The first-order valence-corrected chi connectivity index (χ1v) is 7.72. The average Bonchev–Trinajstić information content (AvgIpc) is 2.92. The van der Waals surface area contributed by atoms with Gasteiger partial charge in [0.25, 0.3) is 0 Å². The molecule has 1 amide bonds. The number of hydrogen-bond acceptors (Lipinski definition) is 3. The monoisotopic (exact) mass is 289 g/mol. The van der Waals surface area contributed by atoms with Crippen molar-refractivity contribution in [1.29, 1.82) is 0 Å². The molecule has 1 unspecified atom stereocenters. The van der Waals surface area contributed by atoms with Crippen molar-refractivity contribution in [2.24, 2.45) is 0 Å². The van der Waals surface area contributed by atoms with E-state index in [1.54, 1.807) is 24.2 Å². The summed E-state index contributed by atoms with van der Waals surface area (Å²) in [7, 11) is 0. The van der Waals surface area contributed by atoms with Gasteiger partial charge in [-0.2, -0.15) is 5.10 Å². The number of carbonyl (C=O) groups excluding carboxylic acids is 1. The zero-order valence-corrected chi connectivity index (χ0v) is 12.5. The smallest absolute Gasteiger partial charge is 0.230 e. The lowest BCUT2D eigenvalue weighted by molar-refractivity contribution is -0.119. The van der Waals surface area contributed by atoms with E-state index in [0.29, 0.717) is 5.75 Å². The van der Waals surface area contributed by atoms with Crippen LogP contribution in [0.4, 0.5) is 0 Å². The second kappa shape index (κ2) is 7.14. The fraction of sp³-hybridized carbons (Fsp3) is 0.333. The maximum absolute atomic E-state index is 11.8. The van der Waals surface area contributed by atoms with Gasteiger partial charge in [-0.3, -0.25) is 9.89 Å². The summed E-state index contributed by atoms with van der Waals surface area (Å²) in [6.07, 6.45) is 3.52. The molecular weight excluding hydrogens is 270 g/mol. The van der Waals surface area contributed by atoms with Gasteiger partial charge in [-0.25, -0.2) is 0 Å². The van der Waals surface area contributed by atoms with Crippen LogP contribution in [0.5, 0.6) is 0 Å². The standard InChI is InChI=1S/C15H19N3OS/c1-11-4-3-5-13(6-11)9-20-10-15(19)18-12(2)14-7-16-17-8-14/h3-8,12H,9-10H2,1-2H3,(H,16,17)(H,18,19). The number of H-pyrrole nitrogens is 1. The minimum Gasteiger partial charge on any atom is -0.349 e. The van der Waals surface area contributed by atoms with Crippen LogP contribution >= 0.6 is 11.8 Å².